The molecule has 40 nitrogen and oxygen atoms in total. The van der Waals surface area contributed by atoms with Gasteiger partial charge in [0.1, 0.15) is 95.7 Å². The minimum absolute atomic E-state index is 0.0306. The van der Waals surface area contributed by atoms with Gasteiger partial charge in [-0.2, -0.15) is 0 Å². The Labute approximate surface area is 582 Å². The molecule has 4 aromatic heterocycles. The van der Waals surface area contributed by atoms with Crippen molar-refractivity contribution in [2.75, 3.05) is 63.1 Å². The fourth-order valence-electron chi connectivity index (χ4n) is 10.2. The fourth-order valence-corrected chi connectivity index (χ4v) is 13.3. The van der Waals surface area contributed by atoms with Crippen molar-refractivity contribution in [2.45, 2.75) is 157 Å². The van der Waals surface area contributed by atoms with Crippen molar-refractivity contribution in [1.82, 2.24) is 66.5 Å². The largest absolute Gasteiger partial charge is 0.441 e. The number of aliphatic hydroxyl groups excluding tert-OH is 8. The number of carbonyl (C=O) groups excluding carboxylic acids is 8. The number of sulfonamides is 1. The minimum atomic E-state index is -4.07. The van der Waals surface area contributed by atoms with Crippen LogP contribution in [0, 0.1) is 12.8 Å². The van der Waals surface area contributed by atoms with Gasteiger partial charge < -0.3 is 124 Å². The number of hydrogen-bond donors (Lipinski definition) is 20. The highest BCUT2D eigenvalue weighted by Gasteiger charge is 2.54. The van der Waals surface area contributed by atoms with Crippen LogP contribution in [-0.4, -0.2) is 282 Å². The second-order valence-corrected chi connectivity index (χ2v) is 29.6. The van der Waals surface area contributed by atoms with Crippen molar-refractivity contribution in [1.29, 1.82) is 0 Å². The Hall–Kier alpha value is -7.35. The first-order valence-electron chi connectivity index (χ1n) is 30.7. The third-order valence-electron chi connectivity index (χ3n) is 15.7. The van der Waals surface area contributed by atoms with E-state index in [1.165, 1.54) is 55.9 Å². The summed E-state index contributed by atoms with van der Waals surface area (Å²) in [6.07, 6.45) is -19.9. The van der Waals surface area contributed by atoms with Gasteiger partial charge in [0.25, 0.3) is 11.8 Å². The lowest BCUT2D eigenvalue weighted by molar-refractivity contribution is -0.372. The standard InChI is InChI=1S/C56H85N17O23S4/c1-21-33(69-48(72-46(21)58)25(13-31(57)77)64-15-27(47(59)83)73-100(7,90)91)52(87)71-35(42(26-14-61-19-65-26)94-55-44(40(81)38(79)29(16-74)93-55)95-54-41(82)43(96-56(60)89)39(80)30(17-75)92-54)53(88)67-23(3)37(78)22(2)49(84)70-34(24(4)76)50(85)63-11-9-32-68-28(18-97-32)45-36(66-20-98-45)51(86)62-10-8-12-99(5)6/h14,18-20,22-25,27,29-30,34-35,37-44,54-55,64,73-76,78-82H,8-13,15-17H2,1-7H3,(H13-,57,58,59,60,61,62,63,65,67,69,70,71,72,77,83,84,85,86,87,88,89)/p+1. The molecule has 2 saturated heterocycles. The van der Waals surface area contributed by atoms with Gasteiger partial charge >= 0.3 is 6.09 Å². The number of primary amides is 3. The summed E-state index contributed by atoms with van der Waals surface area (Å²) in [6.45, 7) is 2.71. The molecule has 8 amide bonds. The molecule has 0 radical (unpaired) electrons. The molecule has 19 unspecified atom stereocenters. The number of H-pyrrole nitrogens is 1. The van der Waals surface area contributed by atoms with Crippen molar-refractivity contribution in [3.8, 4) is 10.6 Å². The maximum Gasteiger partial charge on any atom is 0.404 e. The van der Waals surface area contributed by atoms with Crippen LogP contribution in [0.5, 0.6) is 0 Å². The molecule has 4 aromatic rings. The van der Waals surface area contributed by atoms with Crippen LogP contribution in [0.4, 0.5) is 10.6 Å². The average molecular weight is 1490 g/mol. The third kappa shape index (κ3) is 22.1. The Balaban J connectivity index is 1.29. The van der Waals surface area contributed by atoms with E-state index in [1.54, 1.807) is 5.38 Å². The maximum absolute atomic E-state index is 15.3. The van der Waals surface area contributed by atoms with Gasteiger partial charge in [0.2, 0.25) is 39.6 Å². The molecule has 24 N–H and O–H groups in total. The van der Waals surface area contributed by atoms with Gasteiger partial charge in [-0.3, -0.25) is 33.6 Å². The van der Waals surface area contributed by atoms with Crippen molar-refractivity contribution in [3.63, 3.8) is 0 Å². The summed E-state index contributed by atoms with van der Waals surface area (Å²) in [6, 6.07) is -8.47. The minimum Gasteiger partial charge on any atom is -0.441 e. The topological polar surface area (TPSA) is 647 Å². The number of aromatic amines is 1. The SMILES string of the molecule is Cc1c(N)nc(C(CC(N)=O)NCC(NS(C)(=O)=O)C(N)=O)nc1C(=O)NC(C(=O)NC(C)C(O)C(C)C(=O)NC(C(=O)NCCc1nc(-c2scnc2C(=O)NCCC[S+](C)C)cs1)C(C)O)C(OC1OC(CO)C(O)C(O)C1OC1OC(CO)C(O)C(OC(N)=O)C1O)c1cnc[nH]1. The molecule has 0 spiro atoms. The quantitative estimate of drug-likeness (QED) is 0.0147. The van der Waals surface area contributed by atoms with E-state index in [-0.39, 0.29) is 46.7 Å². The first-order valence-corrected chi connectivity index (χ1v) is 36.6. The summed E-state index contributed by atoms with van der Waals surface area (Å²) in [5.74, 6) is -8.46. The van der Waals surface area contributed by atoms with E-state index in [9.17, 15) is 78.0 Å². The summed E-state index contributed by atoms with van der Waals surface area (Å²) < 4.78 is 54.9. The lowest BCUT2D eigenvalue weighted by Gasteiger charge is -2.47. The number of carbonyl (C=O) groups is 8. The molecule has 0 aromatic carbocycles. The van der Waals surface area contributed by atoms with E-state index >= 15 is 9.59 Å². The molecule has 6 rings (SSSR count). The van der Waals surface area contributed by atoms with E-state index in [0.29, 0.717) is 22.1 Å². The number of nitrogens with one attached hydrogen (secondary N) is 8. The summed E-state index contributed by atoms with van der Waals surface area (Å²) in [4.78, 5) is 132. The number of hydrogen-bond acceptors (Lipinski definition) is 32. The number of thiazole rings is 2. The van der Waals surface area contributed by atoms with Gasteiger partial charge in [-0.15, -0.1) is 22.7 Å². The smallest absolute Gasteiger partial charge is 0.404 e. The highest BCUT2D eigenvalue weighted by Crippen LogP contribution is 2.35. The van der Waals surface area contributed by atoms with Gasteiger partial charge in [0.05, 0.1) is 101 Å². The molecular weight excluding hydrogens is 1410 g/mol. The molecule has 100 heavy (non-hydrogen) atoms. The normalized spacial score (nSPS) is 23.7. The zero-order valence-corrected chi connectivity index (χ0v) is 58.3. The van der Waals surface area contributed by atoms with E-state index in [4.69, 9.17) is 46.6 Å². The van der Waals surface area contributed by atoms with Crippen LogP contribution >= 0.6 is 22.7 Å². The number of aliphatic hydroxyl groups is 8. The first-order chi connectivity index (χ1) is 47.0. The van der Waals surface area contributed by atoms with Crippen LogP contribution in [0.1, 0.15) is 88.8 Å². The molecule has 44 heteroatoms. The number of nitrogen functional groups attached to an aromatic ring is 1. The predicted octanol–water partition coefficient (Wildman–Crippen LogP) is -8.11. The van der Waals surface area contributed by atoms with Crippen LogP contribution in [0.2, 0.25) is 0 Å². The Bertz CT molecular complexity index is 3560. The highest BCUT2D eigenvalue weighted by atomic mass is 32.2. The van der Waals surface area contributed by atoms with Crippen LogP contribution in [0.15, 0.2) is 23.4 Å². The van der Waals surface area contributed by atoms with Gasteiger partial charge in [0.15, 0.2) is 18.7 Å². The van der Waals surface area contributed by atoms with Crippen molar-refractivity contribution >= 4 is 96.9 Å². The number of ether oxygens (including phenoxy) is 5. The van der Waals surface area contributed by atoms with Crippen molar-refractivity contribution in [2.24, 2.45) is 23.1 Å². The number of nitrogens with zero attached hydrogens (tertiary/aromatic N) is 5. The Morgan fingerprint density at radius 3 is 2.09 bits per heavy atom. The van der Waals surface area contributed by atoms with Crippen LogP contribution in [0.3, 0.4) is 0 Å². The Morgan fingerprint density at radius 2 is 1.48 bits per heavy atom. The van der Waals surface area contributed by atoms with E-state index in [2.05, 4.69) is 74.3 Å². The molecule has 0 aliphatic carbocycles. The number of anilines is 1. The lowest BCUT2D eigenvalue weighted by atomic mass is 9.96. The van der Waals surface area contributed by atoms with Gasteiger partial charge in [-0.1, -0.05) is 6.92 Å². The summed E-state index contributed by atoms with van der Waals surface area (Å²) in [5.41, 5.74) is 23.7. The zero-order chi connectivity index (χ0) is 74.2. The average Bonchev–Trinajstić information content (AvgIpc) is 0.992. The number of aromatic nitrogens is 6. The maximum atomic E-state index is 15.3. The van der Waals surface area contributed by atoms with E-state index in [0.717, 1.165) is 31.0 Å². The van der Waals surface area contributed by atoms with Gasteiger partial charge in [-0.25, -0.2) is 42.9 Å². The van der Waals surface area contributed by atoms with Crippen molar-refractivity contribution in [3.05, 3.63) is 56.9 Å². The third-order valence-corrected chi connectivity index (χ3v) is 19.2. The van der Waals surface area contributed by atoms with Crippen LogP contribution in [0.25, 0.3) is 10.6 Å². The van der Waals surface area contributed by atoms with E-state index in [1.807, 2.05) is 4.72 Å². The Kier molecular flexibility index (Phi) is 30.2. The van der Waals surface area contributed by atoms with Gasteiger partial charge in [-0.05, 0) is 31.7 Å². The number of imidazole rings is 1. The molecule has 19 atom stereocenters. The molecule has 0 saturated carbocycles. The second-order valence-electron chi connectivity index (χ2n) is 23.6. The summed E-state index contributed by atoms with van der Waals surface area (Å²) in [5, 5.41) is 106. The number of rotatable bonds is 37. The van der Waals surface area contributed by atoms with Crippen LogP contribution in [-0.2, 0) is 75.0 Å². The molecule has 2 fully saturated rings. The zero-order valence-electron chi connectivity index (χ0n) is 55.0. The molecule has 556 valence electrons. The molecule has 2 aliphatic rings. The molecular formula is C56H86N17O23S4+. The molecule has 6 heterocycles. The Morgan fingerprint density at radius 1 is 0.800 bits per heavy atom. The molecule has 2 aliphatic heterocycles. The molecule has 0 bridgehead atoms. The van der Waals surface area contributed by atoms with Crippen molar-refractivity contribution < 1.29 is 111 Å². The van der Waals surface area contributed by atoms with Gasteiger partial charge in [0, 0.05) is 49.8 Å². The fraction of sp³-hybridized carbons (Fsp3) is 0.625. The number of amides is 8. The highest BCUT2D eigenvalue weighted by molar-refractivity contribution is 7.95. The van der Waals surface area contributed by atoms with Crippen LogP contribution < -0.4 is 59.6 Å². The predicted molar refractivity (Wildman–Crippen MR) is 353 cm³/mol. The monoisotopic (exact) mass is 1490 g/mol. The van der Waals surface area contributed by atoms with E-state index < -0.39 is 211 Å². The second kappa shape index (κ2) is 37.0. The number of nitrogens with two attached hydrogens (primary N) is 4. The lowest BCUT2D eigenvalue weighted by Crippen LogP contribution is -2.65. The summed E-state index contributed by atoms with van der Waals surface area (Å²) in [7, 11) is -3.84. The first kappa shape index (κ1) is 81.6. The summed E-state index contributed by atoms with van der Waals surface area (Å²) >= 11 is 2.50.